The number of rotatable bonds is 5. The lowest BCUT2D eigenvalue weighted by atomic mass is 9.84. The number of ether oxygens (including phenoxy) is 1. The van der Waals surface area contributed by atoms with Crippen LogP contribution in [0.25, 0.3) is 0 Å². The van der Waals surface area contributed by atoms with Crippen molar-refractivity contribution >= 4 is 17.5 Å². The molecule has 1 amide bonds. The fraction of sp³-hybridized carbons (Fsp3) is 0.321. The molecule has 0 atom stereocenters. The van der Waals surface area contributed by atoms with E-state index < -0.39 is 6.09 Å². The van der Waals surface area contributed by atoms with Crippen LogP contribution in [0.1, 0.15) is 54.7 Å². The molecule has 0 bridgehead atoms. The summed E-state index contributed by atoms with van der Waals surface area (Å²) >= 11 is 0. The van der Waals surface area contributed by atoms with Gasteiger partial charge in [-0.1, -0.05) is 61.7 Å². The summed E-state index contributed by atoms with van der Waals surface area (Å²) in [5.41, 5.74) is 5.89. The molecule has 3 aromatic carbocycles. The lowest BCUT2D eigenvalue weighted by Gasteiger charge is -2.22. The molecule has 1 heterocycles. The molecular weight excluding hydrogens is 396 g/mol. The lowest BCUT2D eigenvalue weighted by Crippen LogP contribution is -2.19. The van der Waals surface area contributed by atoms with Gasteiger partial charge in [0.15, 0.2) is 0 Å². The number of fused-ring (bicyclic) bond motifs is 1. The van der Waals surface area contributed by atoms with Gasteiger partial charge in [0, 0.05) is 24.5 Å². The summed E-state index contributed by atoms with van der Waals surface area (Å²) in [6, 6.07) is 24.7. The average Bonchev–Trinajstić information content (AvgIpc) is 3.22. The van der Waals surface area contributed by atoms with E-state index in [9.17, 15) is 4.79 Å². The predicted molar refractivity (Wildman–Crippen MR) is 130 cm³/mol. The predicted octanol–water partition coefficient (Wildman–Crippen LogP) is 6.91. The Morgan fingerprint density at radius 1 is 0.938 bits per heavy atom. The minimum absolute atomic E-state index is 0.450. The molecule has 164 valence electrons. The molecule has 0 radical (unpaired) electrons. The number of nitrogens with one attached hydrogen (secondary N) is 1. The van der Waals surface area contributed by atoms with Gasteiger partial charge in [0.2, 0.25) is 0 Å². The van der Waals surface area contributed by atoms with Gasteiger partial charge < -0.3 is 9.64 Å². The van der Waals surface area contributed by atoms with Crippen LogP contribution in [0, 0.1) is 0 Å². The van der Waals surface area contributed by atoms with Crippen LogP contribution >= 0.6 is 0 Å². The maximum Gasteiger partial charge on any atom is 0.417 e. The minimum Gasteiger partial charge on any atom is -0.410 e. The van der Waals surface area contributed by atoms with Crippen LogP contribution in [0.2, 0.25) is 0 Å². The molecule has 1 aliphatic carbocycles. The highest BCUT2D eigenvalue weighted by Gasteiger charge is 2.20. The molecule has 1 saturated carbocycles. The number of hydrogen-bond donors (Lipinski definition) is 1. The van der Waals surface area contributed by atoms with E-state index in [0.29, 0.717) is 11.7 Å². The van der Waals surface area contributed by atoms with Crippen molar-refractivity contribution in [2.75, 3.05) is 16.8 Å². The van der Waals surface area contributed by atoms with E-state index in [0.717, 1.165) is 25.2 Å². The summed E-state index contributed by atoms with van der Waals surface area (Å²) in [4.78, 5) is 14.8. The third kappa shape index (κ3) is 4.80. The number of carbonyl (C=O) groups excluding carboxylic acids is 1. The fourth-order valence-electron chi connectivity index (χ4n) is 5.00. The Balaban J connectivity index is 1.18. The quantitative estimate of drug-likeness (QED) is 0.482. The highest BCUT2D eigenvalue weighted by atomic mass is 16.6. The second-order valence-corrected chi connectivity index (χ2v) is 8.92. The first kappa shape index (κ1) is 20.6. The first-order valence-electron chi connectivity index (χ1n) is 11.8. The fourth-order valence-corrected chi connectivity index (χ4v) is 5.00. The van der Waals surface area contributed by atoms with Crippen molar-refractivity contribution < 1.29 is 9.53 Å². The first-order chi connectivity index (χ1) is 15.7. The van der Waals surface area contributed by atoms with Crippen LogP contribution in [0.5, 0.6) is 5.75 Å². The molecule has 1 fully saturated rings. The third-order valence-corrected chi connectivity index (χ3v) is 6.70. The average molecular weight is 427 g/mol. The molecule has 2 aliphatic rings. The van der Waals surface area contributed by atoms with E-state index in [4.69, 9.17) is 4.74 Å². The summed E-state index contributed by atoms with van der Waals surface area (Å²) in [6.07, 6.45) is 7.06. The topological polar surface area (TPSA) is 41.6 Å². The van der Waals surface area contributed by atoms with Crippen LogP contribution in [-0.4, -0.2) is 12.6 Å². The smallest absolute Gasteiger partial charge is 0.410 e. The number of nitrogens with zero attached hydrogens (tertiary/aromatic N) is 1. The highest BCUT2D eigenvalue weighted by molar-refractivity contribution is 5.86. The van der Waals surface area contributed by atoms with Crippen LogP contribution in [0.4, 0.5) is 16.2 Å². The van der Waals surface area contributed by atoms with Crippen LogP contribution in [0.15, 0.2) is 72.8 Å². The number of amides is 1. The number of hydrogen-bond acceptors (Lipinski definition) is 3. The van der Waals surface area contributed by atoms with Crippen molar-refractivity contribution in [2.24, 2.45) is 0 Å². The van der Waals surface area contributed by atoms with E-state index in [-0.39, 0.29) is 0 Å². The second kappa shape index (κ2) is 9.47. The zero-order chi connectivity index (χ0) is 21.8. The van der Waals surface area contributed by atoms with Gasteiger partial charge in [-0.05, 0) is 72.2 Å². The van der Waals surface area contributed by atoms with Crippen LogP contribution in [-0.2, 0) is 13.0 Å². The summed E-state index contributed by atoms with van der Waals surface area (Å²) in [5, 5.41) is 2.86. The van der Waals surface area contributed by atoms with E-state index in [2.05, 4.69) is 52.7 Å². The zero-order valence-electron chi connectivity index (χ0n) is 18.4. The van der Waals surface area contributed by atoms with Gasteiger partial charge in [-0.15, -0.1) is 0 Å². The maximum atomic E-state index is 12.4. The molecule has 3 aromatic rings. The molecule has 0 unspecified atom stereocenters. The summed E-state index contributed by atoms with van der Waals surface area (Å²) in [5.74, 6) is 1.25. The Bertz CT molecular complexity index is 1060. The lowest BCUT2D eigenvalue weighted by molar-refractivity contribution is 0.215. The molecule has 32 heavy (non-hydrogen) atoms. The zero-order valence-corrected chi connectivity index (χ0v) is 18.4. The largest absolute Gasteiger partial charge is 0.417 e. The van der Waals surface area contributed by atoms with Gasteiger partial charge in [-0.25, -0.2) is 4.79 Å². The highest BCUT2D eigenvalue weighted by Crippen LogP contribution is 2.34. The second-order valence-electron chi connectivity index (χ2n) is 8.92. The standard InChI is InChI=1S/C28H30N2O2/c31-28(29-25-13-11-23(12-14-25)22-9-5-2-6-10-22)32-26-15-16-27-24(19-26)17-18-30(27)20-21-7-3-1-4-8-21/h1,3-4,7-8,11-16,19,22H,2,5-6,9-10,17-18,20H2,(H,29,31). The molecule has 0 saturated heterocycles. The Hall–Kier alpha value is -3.27. The van der Waals surface area contributed by atoms with Crippen LogP contribution in [0.3, 0.4) is 0 Å². The normalized spacial score (nSPS) is 15.9. The third-order valence-electron chi connectivity index (χ3n) is 6.70. The van der Waals surface area contributed by atoms with Gasteiger partial charge in [-0.3, -0.25) is 5.32 Å². The van der Waals surface area contributed by atoms with E-state index >= 15 is 0 Å². The van der Waals surface area contributed by atoms with Crippen molar-refractivity contribution in [1.82, 2.24) is 0 Å². The van der Waals surface area contributed by atoms with Crippen LogP contribution < -0.4 is 15.0 Å². The Labute approximate surface area is 190 Å². The summed E-state index contributed by atoms with van der Waals surface area (Å²) < 4.78 is 5.58. The molecular formula is C28H30N2O2. The van der Waals surface area contributed by atoms with Crippen molar-refractivity contribution in [3.63, 3.8) is 0 Å². The monoisotopic (exact) mass is 426 g/mol. The van der Waals surface area contributed by atoms with Gasteiger partial charge in [-0.2, -0.15) is 0 Å². The van der Waals surface area contributed by atoms with E-state index in [1.165, 1.54) is 54.5 Å². The molecule has 5 rings (SSSR count). The number of carbonyl (C=O) groups is 1. The summed E-state index contributed by atoms with van der Waals surface area (Å²) in [7, 11) is 0. The Morgan fingerprint density at radius 2 is 1.72 bits per heavy atom. The SMILES string of the molecule is O=C(Nc1ccc(C2CCCCC2)cc1)Oc1ccc2c(c1)CCN2Cc1ccccc1. The van der Waals surface area contributed by atoms with Crippen molar-refractivity contribution in [2.45, 2.75) is 51.0 Å². The van der Waals surface area contributed by atoms with Crippen molar-refractivity contribution in [3.8, 4) is 5.75 Å². The van der Waals surface area contributed by atoms with E-state index in [1.807, 2.05) is 30.3 Å². The van der Waals surface area contributed by atoms with E-state index in [1.54, 1.807) is 0 Å². The minimum atomic E-state index is -0.450. The molecule has 0 spiro atoms. The summed E-state index contributed by atoms with van der Waals surface area (Å²) in [6.45, 7) is 1.87. The maximum absolute atomic E-state index is 12.4. The van der Waals surface area contributed by atoms with Gasteiger partial charge >= 0.3 is 6.09 Å². The molecule has 1 N–H and O–H groups in total. The van der Waals surface area contributed by atoms with Gasteiger partial charge in [0.05, 0.1) is 0 Å². The molecule has 4 nitrogen and oxygen atoms in total. The Kier molecular flexibility index (Phi) is 6.11. The molecule has 0 aromatic heterocycles. The molecule has 1 aliphatic heterocycles. The van der Waals surface area contributed by atoms with Gasteiger partial charge in [0.1, 0.15) is 5.75 Å². The first-order valence-corrected chi connectivity index (χ1v) is 11.8. The molecule has 4 heteroatoms. The Morgan fingerprint density at radius 3 is 2.50 bits per heavy atom. The van der Waals surface area contributed by atoms with Gasteiger partial charge in [0.25, 0.3) is 0 Å². The van der Waals surface area contributed by atoms with Crippen molar-refractivity contribution in [1.29, 1.82) is 0 Å². The number of benzene rings is 3. The van der Waals surface area contributed by atoms with Crippen molar-refractivity contribution in [3.05, 3.63) is 89.5 Å². The number of anilines is 2.